The van der Waals surface area contributed by atoms with Gasteiger partial charge in [-0.1, -0.05) is 42.5 Å². The molecule has 1 amide bonds. The van der Waals surface area contributed by atoms with Crippen LogP contribution in [0.1, 0.15) is 33.1 Å². The SMILES string of the molecule is COC(=O)c1ccc(C2/C(=C(/O)c3ccccc3)C(=O)C(=O)N2CCc2c[nH]c3ccc(OC)cc23)cc1. The van der Waals surface area contributed by atoms with Gasteiger partial charge >= 0.3 is 5.97 Å². The van der Waals surface area contributed by atoms with Gasteiger partial charge in [-0.25, -0.2) is 4.79 Å². The molecule has 1 saturated heterocycles. The summed E-state index contributed by atoms with van der Waals surface area (Å²) >= 11 is 0. The number of benzene rings is 3. The van der Waals surface area contributed by atoms with Gasteiger partial charge < -0.3 is 24.5 Å². The van der Waals surface area contributed by atoms with Crippen LogP contribution in [0.15, 0.2) is 84.6 Å². The number of esters is 1. The van der Waals surface area contributed by atoms with E-state index in [2.05, 4.69) is 4.98 Å². The molecule has 2 heterocycles. The van der Waals surface area contributed by atoms with Crippen molar-refractivity contribution in [3.05, 3.63) is 107 Å². The number of hydrogen-bond acceptors (Lipinski definition) is 6. The molecule has 2 N–H and O–H groups in total. The molecule has 1 unspecified atom stereocenters. The highest BCUT2D eigenvalue weighted by Gasteiger charge is 2.45. The molecule has 1 fully saturated rings. The van der Waals surface area contributed by atoms with Crippen LogP contribution in [0.3, 0.4) is 0 Å². The number of aromatic nitrogens is 1. The van der Waals surface area contributed by atoms with Gasteiger partial charge in [0.2, 0.25) is 0 Å². The average molecular weight is 511 g/mol. The van der Waals surface area contributed by atoms with Crippen molar-refractivity contribution in [3.63, 3.8) is 0 Å². The van der Waals surface area contributed by atoms with Gasteiger partial charge in [-0.05, 0) is 47.9 Å². The zero-order valence-electron chi connectivity index (χ0n) is 20.9. The van der Waals surface area contributed by atoms with E-state index in [1.54, 1.807) is 61.7 Å². The lowest BCUT2D eigenvalue weighted by Gasteiger charge is -2.25. The first kappa shape index (κ1) is 24.8. The molecular formula is C30H26N2O6. The maximum absolute atomic E-state index is 13.3. The monoisotopic (exact) mass is 510 g/mol. The zero-order chi connectivity index (χ0) is 26.8. The van der Waals surface area contributed by atoms with E-state index in [1.807, 2.05) is 24.4 Å². The van der Waals surface area contributed by atoms with E-state index in [9.17, 15) is 19.5 Å². The Bertz CT molecular complexity index is 1550. The number of rotatable bonds is 7. The van der Waals surface area contributed by atoms with Gasteiger partial charge in [-0.3, -0.25) is 9.59 Å². The predicted molar refractivity (Wildman–Crippen MR) is 142 cm³/mol. The van der Waals surface area contributed by atoms with Crippen LogP contribution in [0, 0.1) is 0 Å². The molecule has 192 valence electrons. The van der Waals surface area contributed by atoms with Crippen LogP contribution in [0.5, 0.6) is 5.75 Å². The second-order valence-electron chi connectivity index (χ2n) is 8.95. The summed E-state index contributed by atoms with van der Waals surface area (Å²) in [5, 5.41) is 12.1. The quantitative estimate of drug-likeness (QED) is 0.162. The van der Waals surface area contributed by atoms with Gasteiger partial charge in [0.25, 0.3) is 11.7 Å². The van der Waals surface area contributed by atoms with Crippen molar-refractivity contribution in [1.29, 1.82) is 0 Å². The van der Waals surface area contributed by atoms with Crippen LogP contribution >= 0.6 is 0 Å². The summed E-state index contributed by atoms with van der Waals surface area (Å²) in [7, 11) is 2.90. The van der Waals surface area contributed by atoms with Crippen molar-refractivity contribution in [2.45, 2.75) is 12.5 Å². The number of amides is 1. The Kier molecular flexibility index (Phi) is 6.70. The summed E-state index contributed by atoms with van der Waals surface area (Å²) in [5.41, 5.74) is 3.27. The van der Waals surface area contributed by atoms with Crippen molar-refractivity contribution >= 4 is 34.3 Å². The first-order chi connectivity index (χ1) is 18.4. The Balaban J connectivity index is 1.55. The first-order valence-corrected chi connectivity index (χ1v) is 12.1. The molecule has 38 heavy (non-hydrogen) atoms. The van der Waals surface area contributed by atoms with Crippen LogP contribution in [0.2, 0.25) is 0 Å². The van der Waals surface area contributed by atoms with Crippen molar-refractivity contribution in [2.75, 3.05) is 20.8 Å². The second kappa shape index (κ2) is 10.3. The number of nitrogens with one attached hydrogen (secondary N) is 1. The maximum atomic E-state index is 13.3. The average Bonchev–Trinajstić information content (AvgIpc) is 3.48. The molecule has 0 aliphatic carbocycles. The fraction of sp³-hybridized carbons (Fsp3) is 0.167. The highest BCUT2D eigenvalue weighted by Crippen LogP contribution is 2.39. The summed E-state index contributed by atoms with van der Waals surface area (Å²) in [6, 6.07) is 20.0. The van der Waals surface area contributed by atoms with Crippen molar-refractivity contribution in [2.24, 2.45) is 0 Å². The number of nitrogens with zero attached hydrogens (tertiary/aromatic N) is 1. The number of H-pyrrole nitrogens is 1. The van der Waals surface area contributed by atoms with Gasteiger partial charge in [0.05, 0.1) is 31.4 Å². The fourth-order valence-electron chi connectivity index (χ4n) is 4.86. The molecule has 1 aliphatic heterocycles. The number of Topliss-reactive ketones (excluding diaryl/α,β-unsaturated/α-hetero) is 1. The number of methoxy groups -OCH3 is 2. The zero-order valence-corrected chi connectivity index (χ0v) is 20.9. The van der Waals surface area contributed by atoms with E-state index in [1.165, 1.54) is 12.0 Å². The highest BCUT2D eigenvalue weighted by atomic mass is 16.5. The molecule has 8 nitrogen and oxygen atoms in total. The van der Waals surface area contributed by atoms with Crippen molar-refractivity contribution in [3.8, 4) is 5.75 Å². The summed E-state index contributed by atoms with van der Waals surface area (Å²) in [6.45, 7) is 0.226. The van der Waals surface area contributed by atoms with Crippen LogP contribution in [-0.4, -0.2) is 53.4 Å². The lowest BCUT2D eigenvalue weighted by molar-refractivity contribution is -0.139. The minimum absolute atomic E-state index is 0.00705. The van der Waals surface area contributed by atoms with E-state index >= 15 is 0 Å². The first-order valence-electron chi connectivity index (χ1n) is 12.1. The number of hydrogen-bond donors (Lipinski definition) is 2. The largest absolute Gasteiger partial charge is 0.507 e. The molecule has 3 aromatic carbocycles. The Hall–Kier alpha value is -4.85. The standard InChI is InChI=1S/C30H26N2O6/c1-37-22-12-13-24-23(16-22)21(17-31-24)14-15-32-26(18-8-10-20(11-9-18)30(36)38-2)25(28(34)29(32)35)27(33)19-6-4-3-5-7-19/h3-13,16-17,26,31,33H,14-15H2,1-2H3/b27-25-. The maximum Gasteiger partial charge on any atom is 0.337 e. The molecule has 0 spiro atoms. The van der Waals surface area contributed by atoms with E-state index in [0.717, 1.165) is 16.5 Å². The van der Waals surface area contributed by atoms with Crippen LogP contribution < -0.4 is 4.74 Å². The number of fused-ring (bicyclic) bond motifs is 1. The normalized spacial score (nSPS) is 16.7. The topological polar surface area (TPSA) is 109 Å². The molecule has 5 rings (SSSR count). The van der Waals surface area contributed by atoms with E-state index < -0.39 is 23.7 Å². The lowest BCUT2D eigenvalue weighted by atomic mass is 9.94. The third kappa shape index (κ3) is 4.41. The minimum atomic E-state index is -0.832. The molecule has 1 atom stereocenters. The third-order valence-corrected chi connectivity index (χ3v) is 6.83. The molecule has 0 radical (unpaired) electrons. The summed E-state index contributed by atoms with van der Waals surface area (Å²) in [5.74, 6) is -1.47. The number of likely N-dealkylation sites (tertiary alicyclic amines) is 1. The molecule has 1 aliphatic rings. The van der Waals surface area contributed by atoms with Gasteiger partial charge in [0, 0.05) is 29.2 Å². The Morgan fingerprint density at radius 2 is 1.71 bits per heavy atom. The highest BCUT2D eigenvalue weighted by molar-refractivity contribution is 6.46. The third-order valence-electron chi connectivity index (χ3n) is 6.83. The van der Waals surface area contributed by atoms with Gasteiger partial charge in [0.1, 0.15) is 11.5 Å². The summed E-state index contributed by atoms with van der Waals surface area (Å²) in [4.78, 5) is 43.3. The number of carbonyl (C=O) groups excluding carboxylic acids is 3. The number of aliphatic hydroxyl groups excluding tert-OH is 1. The Morgan fingerprint density at radius 1 is 0.974 bits per heavy atom. The van der Waals surface area contributed by atoms with Gasteiger partial charge in [0.15, 0.2) is 0 Å². The van der Waals surface area contributed by atoms with Gasteiger partial charge in [-0.2, -0.15) is 0 Å². The summed E-state index contributed by atoms with van der Waals surface area (Å²) in [6.07, 6.45) is 2.34. The van der Waals surface area contributed by atoms with Crippen LogP contribution in [0.4, 0.5) is 0 Å². The van der Waals surface area contributed by atoms with Crippen molar-refractivity contribution in [1.82, 2.24) is 9.88 Å². The number of ether oxygens (including phenoxy) is 2. The van der Waals surface area contributed by atoms with Crippen molar-refractivity contribution < 1.29 is 29.0 Å². The Morgan fingerprint density at radius 3 is 2.39 bits per heavy atom. The Labute approximate surface area is 219 Å². The molecule has 1 aromatic heterocycles. The van der Waals surface area contributed by atoms with Gasteiger partial charge in [-0.15, -0.1) is 0 Å². The molecule has 8 heteroatoms. The molecule has 0 bridgehead atoms. The second-order valence-corrected chi connectivity index (χ2v) is 8.95. The number of carbonyl (C=O) groups is 3. The van der Waals surface area contributed by atoms with E-state index in [0.29, 0.717) is 28.9 Å². The number of aliphatic hydroxyl groups is 1. The number of aromatic amines is 1. The lowest BCUT2D eigenvalue weighted by Crippen LogP contribution is -2.31. The fourth-order valence-corrected chi connectivity index (χ4v) is 4.86. The minimum Gasteiger partial charge on any atom is -0.507 e. The molecular weight excluding hydrogens is 484 g/mol. The van der Waals surface area contributed by atoms with Crippen LogP contribution in [-0.2, 0) is 20.7 Å². The molecule has 4 aromatic rings. The molecule has 0 saturated carbocycles. The van der Waals surface area contributed by atoms with Crippen LogP contribution in [0.25, 0.3) is 16.7 Å². The smallest absolute Gasteiger partial charge is 0.337 e. The predicted octanol–water partition coefficient (Wildman–Crippen LogP) is 4.63. The van der Waals surface area contributed by atoms with E-state index in [4.69, 9.17) is 9.47 Å². The number of ketones is 1. The van der Waals surface area contributed by atoms with E-state index in [-0.39, 0.29) is 17.9 Å². The summed E-state index contributed by atoms with van der Waals surface area (Å²) < 4.78 is 10.1.